The predicted molar refractivity (Wildman–Crippen MR) is 180 cm³/mol. The van der Waals surface area contributed by atoms with Crippen molar-refractivity contribution in [3.05, 3.63) is 131 Å². The highest BCUT2D eigenvalue weighted by Gasteiger charge is 2.22. The van der Waals surface area contributed by atoms with Crippen LogP contribution in [0.3, 0.4) is 0 Å². The minimum atomic E-state index is -1.02. The van der Waals surface area contributed by atoms with Crippen molar-refractivity contribution >= 4 is 23.3 Å². The zero-order valence-electron chi connectivity index (χ0n) is 26.1. The predicted octanol–water partition coefficient (Wildman–Crippen LogP) is 7.40. The maximum atomic E-state index is 13.2. The molecule has 0 radical (unpaired) electrons. The van der Waals surface area contributed by atoms with Crippen LogP contribution in [-0.2, 0) is 22.6 Å². The number of ketones is 1. The van der Waals surface area contributed by atoms with E-state index in [0.717, 1.165) is 17.5 Å². The maximum absolute atomic E-state index is 13.2. The Morgan fingerprint density at radius 2 is 1.46 bits per heavy atom. The number of carbonyl (C=O) groups is 3. The Labute approximate surface area is 271 Å². The molecule has 1 aliphatic carbocycles. The number of benzene rings is 4. The molecular formula is C39H42N2O5. The van der Waals surface area contributed by atoms with Gasteiger partial charge >= 0.3 is 5.97 Å². The third-order valence-electron chi connectivity index (χ3n) is 8.64. The minimum Gasteiger partial charge on any atom is -0.492 e. The van der Waals surface area contributed by atoms with Crippen molar-refractivity contribution in [3.63, 3.8) is 0 Å². The molecule has 7 nitrogen and oxygen atoms in total. The first-order valence-electron chi connectivity index (χ1n) is 16.2. The number of aliphatic carboxylic acids is 1. The number of carboxylic acid groups (broad SMARTS) is 1. The molecule has 0 spiro atoms. The fourth-order valence-corrected chi connectivity index (χ4v) is 6.05. The van der Waals surface area contributed by atoms with E-state index in [1.165, 1.54) is 25.7 Å². The van der Waals surface area contributed by atoms with Gasteiger partial charge in [-0.05, 0) is 47.7 Å². The molecule has 0 heterocycles. The first-order chi connectivity index (χ1) is 22.5. The number of anilines is 1. The van der Waals surface area contributed by atoms with Gasteiger partial charge in [0.25, 0.3) is 0 Å². The van der Waals surface area contributed by atoms with E-state index in [1.807, 2.05) is 65.6 Å². The van der Waals surface area contributed by atoms with Crippen molar-refractivity contribution in [2.75, 3.05) is 18.5 Å². The zero-order valence-corrected chi connectivity index (χ0v) is 26.1. The molecular weight excluding hydrogens is 576 g/mol. The van der Waals surface area contributed by atoms with Gasteiger partial charge in [0.15, 0.2) is 5.78 Å². The van der Waals surface area contributed by atoms with Crippen molar-refractivity contribution in [1.29, 1.82) is 0 Å². The molecule has 7 heteroatoms. The summed E-state index contributed by atoms with van der Waals surface area (Å²) in [7, 11) is 0. The van der Waals surface area contributed by atoms with Crippen LogP contribution in [0, 0.1) is 5.92 Å². The summed E-state index contributed by atoms with van der Waals surface area (Å²) in [6, 6.07) is 32.3. The second kappa shape index (κ2) is 16.4. The Kier molecular flexibility index (Phi) is 11.6. The Morgan fingerprint density at radius 3 is 2.15 bits per heavy atom. The number of para-hydroxylation sites is 1. The van der Waals surface area contributed by atoms with Crippen molar-refractivity contribution in [1.82, 2.24) is 4.90 Å². The molecule has 1 atom stereocenters. The summed E-state index contributed by atoms with van der Waals surface area (Å²) in [5.74, 6) is 0.291. The topological polar surface area (TPSA) is 95.9 Å². The molecule has 5 rings (SSSR count). The van der Waals surface area contributed by atoms with Crippen molar-refractivity contribution < 1.29 is 24.2 Å². The summed E-state index contributed by atoms with van der Waals surface area (Å²) in [5.41, 5.74) is 3.33. The van der Waals surface area contributed by atoms with Crippen LogP contribution in [0.25, 0.3) is 0 Å². The number of nitrogens with one attached hydrogen (secondary N) is 1. The lowest BCUT2D eigenvalue weighted by atomic mass is 10.00. The van der Waals surface area contributed by atoms with Gasteiger partial charge in [0, 0.05) is 36.2 Å². The fraction of sp³-hybridized carbons (Fsp3) is 0.308. The molecule has 46 heavy (non-hydrogen) atoms. The molecule has 0 aliphatic heterocycles. The lowest BCUT2D eigenvalue weighted by Gasteiger charge is -2.24. The molecule has 1 aliphatic rings. The highest BCUT2D eigenvalue weighted by molar-refractivity contribution is 6.12. The summed E-state index contributed by atoms with van der Waals surface area (Å²) in [4.78, 5) is 40.5. The van der Waals surface area contributed by atoms with Crippen LogP contribution in [0.15, 0.2) is 109 Å². The Bertz CT molecular complexity index is 1570. The van der Waals surface area contributed by atoms with Gasteiger partial charge < -0.3 is 20.1 Å². The lowest BCUT2D eigenvalue weighted by molar-refractivity contribution is -0.138. The third-order valence-corrected chi connectivity index (χ3v) is 8.64. The van der Waals surface area contributed by atoms with Gasteiger partial charge in [-0.2, -0.15) is 0 Å². The summed E-state index contributed by atoms with van der Waals surface area (Å²) in [6.07, 6.45) is 6.74. The summed E-state index contributed by atoms with van der Waals surface area (Å²) in [5, 5.41) is 13.1. The summed E-state index contributed by atoms with van der Waals surface area (Å²) < 4.78 is 6.03. The number of carbonyl (C=O) groups excluding carboxylic acids is 2. The largest absolute Gasteiger partial charge is 0.492 e. The summed E-state index contributed by atoms with van der Waals surface area (Å²) >= 11 is 0. The molecule has 238 valence electrons. The molecule has 4 aromatic carbocycles. The monoisotopic (exact) mass is 618 g/mol. The van der Waals surface area contributed by atoms with Crippen molar-refractivity contribution in [3.8, 4) is 5.75 Å². The number of hydrogen-bond acceptors (Lipinski definition) is 5. The number of rotatable bonds is 16. The van der Waals surface area contributed by atoms with E-state index in [-0.39, 0.29) is 18.1 Å². The standard InChI is InChI=1S/C39H42N2O5/c42-37(24-21-29-11-7-8-12-29)41(28-31-13-3-1-4-14-31)25-26-46-33-22-19-30(20-23-33)27-36(39(44)45)40-35-18-10-9-17-34(35)38(43)32-15-5-2-6-16-32/h1-6,9-10,13-20,22-23,29,36,40H,7-8,11-12,21,24-28H2,(H,44,45). The van der Waals surface area contributed by atoms with Gasteiger partial charge in [0.2, 0.25) is 5.91 Å². The fourth-order valence-electron chi connectivity index (χ4n) is 6.05. The molecule has 1 fully saturated rings. The molecule has 1 amide bonds. The highest BCUT2D eigenvalue weighted by atomic mass is 16.5. The Hall–Kier alpha value is -4.91. The SMILES string of the molecule is O=C(c1ccccc1)c1ccccc1NC(Cc1ccc(OCCN(Cc2ccccc2)C(=O)CCC2CCCC2)cc1)C(=O)O. The molecule has 0 bridgehead atoms. The van der Waals surface area contributed by atoms with Crippen LogP contribution < -0.4 is 10.1 Å². The van der Waals surface area contributed by atoms with E-state index in [9.17, 15) is 19.5 Å². The molecule has 4 aromatic rings. The molecule has 1 unspecified atom stereocenters. The molecule has 2 N–H and O–H groups in total. The van der Waals surface area contributed by atoms with E-state index in [4.69, 9.17) is 4.74 Å². The van der Waals surface area contributed by atoms with Crippen LogP contribution in [-0.4, -0.2) is 46.9 Å². The molecule has 1 saturated carbocycles. The van der Waals surface area contributed by atoms with Gasteiger partial charge in [0.05, 0.1) is 6.54 Å². The van der Waals surface area contributed by atoms with E-state index in [2.05, 4.69) is 5.32 Å². The number of carboxylic acids is 1. The van der Waals surface area contributed by atoms with E-state index in [0.29, 0.717) is 54.6 Å². The number of amides is 1. The minimum absolute atomic E-state index is 0.161. The van der Waals surface area contributed by atoms with Crippen LogP contribution in [0.4, 0.5) is 5.69 Å². The molecule has 0 aromatic heterocycles. The van der Waals surface area contributed by atoms with Gasteiger partial charge in [-0.25, -0.2) is 4.79 Å². The Morgan fingerprint density at radius 1 is 0.804 bits per heavy atom. The van der Waals surface area contributed by atoms with Gasteiger partial charge in [-0.3, -0.25) is 9.59 Å². The van der Waals surface area contributed by atoms with Gasteiger partial charge in [-0.15, -0.1) is 0 Å². The van der Waals surface area contributed by atoms with Crippen LogP contribution in [0.2, 0.25) is 0 Å². The second-order valence-corrected chi connectivity index (χ2v) is 12.0. The lowest BCUT2D eigenvalue weighted by Crippen LogP contribution is -2.34. The smallest absolute Gasteiger partial charge is 0.326 e. The Balaban J connectivity index is 1.17. The number of hydrogen-bond donors (Lipinski definition) is 2. The quantitative estimate of drug-likeness (QED) is 0.127. The van der Waals surface area contributed by atoms with Crippen LogP contribution in [0.1, 0.15) is 65.6 Å². The van der Waals surface area contributed by atoms with Crippen molar-refractivity contribution in [2.45, 2.75) is 57.5 Å². The van der Waals surface area contributed by atoms with Crippen LogP contribution >= 0.6 is 0 Å². The number of nitrogens with zero attached hydrogens (tertiary/aromatic N) is 1. The van der Waals surface area contributed by atoms with E-state index in [1.54, 1.807) is 48.5 Å². The number of ether oxygens (including phenoxy) is 1. The average molecular weight is 619 g/mol. The molecule has 0 saturated heterocycles. The highest BCUT2D eigenvalue weighted by Crippen LogP contribution is 2.29. The van der Waals surface area contributed by atoms with Crippen molar-refractivity contribution in [2.24, 2.45) is 5.92 Å². The van der Waals surface area contributed by atoms with Crippen LogP contribution in [0.5, 0.6) is 5.75 Å². The summed E-state index contributed by atoms with van der Waals surface area (Å²) in [6.45, 7) is 1.38. The maximum Gasteiger partial charge on any atom is 0.326 e. The third kappa shape index (κ3) is 9.30. The normalized spacial score (nSPS) is 13.6. The zero-order chi connectivity index (χ0) is 32.1. The first-order valence-corrected chi connectivity index (χ1v) is 16.2. The second-order valence-electron chi connectivity index (χ2n) is 12.0. The van der Waals surface area contributed by atoms with Gasteiger partial charge in [-0.1, -0.05) is 111 Å². The average Bonchev–Trinajstić information content (AvgIpc) is 3.62. The van der Waals surface area contributed by atoms with E-state index < -0.39 is 12.0 Å². The van der Waals surface area contributed by atoms with E-state index >= 15 is 0 Å². The first kappa shape index (κ1) is 32.5. The van der Waals surface area contributed by atoms with Gasteiger partial charge in [0.1, 0.15) is 18.4 Å².